The van der Waals surface area contributed by atoms with Crippen molar-refractivity contribution in [3.63, 3.8) is 0 Å². The van der Waals surface area contributed by atoms with Crippen LogP contribution in [-0.2, 0) is 6.54 Å². The van der Waals surface area contributed by atoms with Crippen molar-refractivity contribution in [2.24, 2.45) is 11.8 Å². The smallest absolute Gasteiger partial charge is 0.439 e. The molecule has 1 unspecified atom stereocenters. The summed E-state index contributed by atoms with van der Waals surface area (Å²) in [5.74, 6) is -6.59. The molecule has 0 bridgehead atoms. The molecule has 1 aromatic carbocycles. The van der Waals surface area contributed by atoms with Crippen LogP contribution in [0.4, 0.5) is 39.5 Å². The van der Waals surface area contributed by atoms with E-state index in [2.05, 4.69) is 19.4 Å². The highest BCUT2D eigenvalue weighted by molar-refractivity contribution is 7.11. The van der Waals surface area contributed by atoms with E-state index in [1.165, 1.54) is 11.3 Å². The molecular formula is C29H31F9N4O4S. The first-order chi connectivity index (χ1) is 22.1. The zero-order chi connectivity index (χ0) is 34.1. The van der Waals surface area contributed by atoms with Gasteiger partial charge in [-0.25, -0.2) is 14.2 Å². The molecule has 260 valence electrons. The number of hydrogen-bond donors (Lipinski definition) is 1. The number of ether oxygens (including phenoxy) is 2. The lowest BCUT2D eigenvalue weighted by molar-refractivity contribution is -0.185. The first-order valence-corrected chi connectivity index (χ1v) is 15.8. The monoisotopic (exact) mass is 702 g/mol. The van der Waals surface area contributed by atoms with Gasteiger partial charge in [-0.1, -0.05) is 12.1 Å². The van der Waals surface area contributed by atoms with E-state index in [9.17, 15) is 39.9 Å². The minimum absolute atomic E-state index is 0.0711. The van der Waals surface area contributed by atoms with Crippen LogP contribution < -0.4 is 15.2 Å². The Morgan fingerprint density at radius 2 is 1.62 bits per heavy atom. The number of alkyl halides is 8. The number of aromatic amines is 1. The van der Waals surface area contributed by atoms with Gasteiger partial charge in [0.1, 0.15) is 11.9 Å². The second-order valence-electron chi connectivity index (χ2n) is 11.7. The molecule has 1 saturated carbocycles. The highest BCUT2D eigenvalue weighted by atomic mass is 32.1. The quantitative estimate of drug-likeness (QED) is 0.212. The molecule has 1 aliphatic heterocycles. The maximum atomic E-state index is 15.4. The summed E-state index contributed by atoms with van der Waals surface area (Å²) in [6.07, 6.45) is -9.19. The van der Waals surface area contributed by atoms with E-state index >= 15 is 4.39 Å². The van der Waals surface area contributed by atoms with Crippen LogP contribution in [0.2, 0.25) is 0 Å². The van der Waals surface area contributed by atoms with Crippen LogP contribution in [0.15, 0.2) is 21.5 Å². The molecule has 2 aromatic heterocycles. The fraction of sp³-hybridized carbons (Fsp3) is 0.621. The molecule has 8 nitrogen and oxygen atoms in total. The minimum Gasteiger partial charge on any atom is -0.482 e. The summed E-state index contributed by atoms with van der Waals surface area (Å²) < 4.78 is 137. The Morgan fingerprint density at radius 1 is 0.979 bits per heavy atom. The van der Waals surface area contributed by atoms with Gasteiger partial charge in [0.15, 0.2) is 17.4 Å². The first-order valence-electron chi connectivity index (χ1n) is 15.0. The Kier molecular flexibility index (Phi) is 10.5. The summed E-state index contributed by atoms with van der Waals surface area (Å²) in [7, 11) is 0. The topological polar surface area (TPSA) is 93.5 Å². The number of likely N-dealkylation sites (tertiary alicyclic amines) is 1. The van der Waals surface area contributed by atoms with Gasteiger partial charge in [0, 0.05) is 18.5 Å². The maximum Gasteiger partial charge on any atom is 0.439 e. The molecule has 1 N–H and O–H groups in total. The number of rotatable bonds is 10. The second-order valence-corrected chi connectivity index (χ2v) is 12.7. The summed E-state index contributed by atoms with van der Waals surface area (Å²) in [5.41, 5.74) is 0.105. The Hall–Kier alpha value is -3.28. The van der Waals surface area contributed by atoms with Gasteiger partial charge in [-0.15, -0.1) is 11.3 Å². The van der Waals surface area contributed by atoms with Gasteiger partial charge in [0.2, 0.25) is 0 Å². The number of H-pyrrole nitrogens is 1. The van der Waals surface area contributed by atoms with Gasteiger partial charge < -0.3 is 9.47 Å². The SMILES string of the molecule is CCC(Oc1cc(OC(F)F)c(-c2noc(=O)[nH]2)cc1F)c1sc(C2CCC(C(F)(F)F)CC2)nc1CN1CCC(C(F)(F)F)CC1. The third kappa shape index (κ3) is 8.42. The summed E-state index contributed by atoms with van der Waals surface area (Å²) in [4.78, 5) is 20.6. The first kappa shape index (κ1) is 35.0. The van der Waals surface area contributed by atoms with E-state index in [0.29, 0.717) is 15.6 Å². The number of halogens is 9. The molecule has 1 aliphatic carbocycles. The van der Waals surface area contributed by atoms with E-state index in [4.69, 9.17) is 9.72 Å². The highest BCUT2D eigenvalue weighted by Crippen LogP contribution is 2.46. The van der Waals surface area contributed by atoms with Crippen LogP contribution in [0.3, 0.4) is 0 Å². The van der Waals surface area contributed by atoms with Crippen LogP contribution in [0.5, 0.6) is 11.5 Å². The molecule has 1 atom stereocenters. The lowest BCUT2D eigenvalue weighted by Crippen LogP contribution is -2.38. The molecule has 1 saturated heterocycles. The largest absolute Gasteiger partial charge is 0.482 e. The lowest BCUT2D eigenvalue weighted by atomic mass is 9.82. The Labute approximate surface area is 266 Å². The molecule has 2 fully saturated rings. The standard InChI is InChI=1S/C29H31F9N4O4S/c1-2-20(44-22-12-21(45-26(31)32)17(11-18(22)30)24-40-27(43)46-41-24)23-19(13-42-9-7-16(8-10-42)29(36,37)38)39-25(47-23)14-3-5-15(6-4-14)28(33,34)35/h11-12,14-16,20,26H,2-10,13H2,1H3,(H,40,41,43). The van der Waals surface area contributed by atoms with E-state index < -0.39 is 60.0 Å². The average Bonchev–Trinajstić information content (AvgIpc) is 3.62. The van der Waals surface area contributed by atoms with Gasteiger partial charge in [-0.3, -0.25) is 14.4 Å². The number of nitrogens with one attached hydrogen (secondary N) is 1. The van der Waals surface area contributed by atoms with E-state index in [1.54, 1.807) is 11.8 Å². The number of nitrogens with zero attached hydrogens (tertiary/aromatic N) is 3. The van der Waals surface area contributed by atoms with Crippen molar-refractivity contribution in [1.82, 2.24) is 20.0 Å². The molecule has 0 radical (unpaired) electrons. The van der Waals surface area contributed by atoms with Gasteiger partial charge >= 0.3 is 24.7 Å². The van der Waals surface area contributed by atoms with Crippen molar-refractivity contribution < 1.29 is 53.5 Å². The molecule has 0 spiro atoms. The average molecular weight is 703 g/mol. The van der Waals surface area contributed by atoms with Gasteiger partial charge in [0.25, 0.3) is 0 Å². The van der Waals surface area contributed by atoms with Crippen LogP contribution in [0.1, 0.15) is 79.5 Å². The zero-order valence-electron chi connectivity index (χ0n) is 24.9. The van der Waals surface area contributed by atoms with Crippen molar-refractivity contribution in [3.8, 4) is 22.9 Å². The fourth-order valence-electron chi connectivity index (χ4n) is 6.04. The van der Waals surface area contributed by atoms with Crippen molar-refractivity contribution >= 4 is 11.3 Å². The highest BCUT2D eigenvalue weighted by Gasteiger charge is 2.43. The van der Waals surface area contributed by atoms with Crippen LogP contribution in [0, 0.1) is 17.7 Å². The molecular weight excluding hydrogens is 671 g/mol. The van der Waals surface area contributed by atoms with Crippen molar-refractivity contribution in [3.05, 3.63) is 44.1 Å². The normalized spacial score (nSPS) is 20.9. The van der Waals surface area contributed by atoms with Gasteiger partial charge in [-0.2, -0.15) is 35.1 Å². The Bertz CT molecular complexity index is 1560. The Balaban J connectivity index is 1.44. The third-order valence-electron chi connectivity index (χ3n) is 8.59. The fourth-order valence-corrected chi connectivity index (χ4v) is 7.40. The number of aromatic nitrogens is 3. The van der Waals surface area contributed by atoms with E-state index in [-0.39, 0.29) is 81.9 Å². The molecule has 3 heterocycles. The molecule has 0 amide bonds. The molecule has 18 heteroatoms. The van der Waals surface area contributed by atoms with Crippen LogP contribution >= 0.6 is 11.3 Å². The summed E-state index contributed by atoms with van der Waals surface area (Å²) in [5, 5.41) is 3.94. The molecule has 47 heavy (non-hydrogen) atoms. The second kappa shape index (κ2) is 14.1. The van der Waals surface area contributed by atoms with E-state index in [0.717, 1.165) is 12.1 Å². The van der Waals surface area contributed by atoms with Gasteiger partial charge in [0.05, 0.1) is 33.0 Å². The predicted octanol–water partition coefficient (Wildman–Crippen LogP) is 8.37. The van der Waals surface area contributed by atoms with Crippen LogP contribution in [0.25, 0.3) is 11.4 Å². The number of piperidine rings is 1. The predicted molar refractivity (Wildman–Crippen MR) is 150 cm³/mol. The summed E-state index contributed by atoms with van der Waals surface area (Å²) in [6.45, 7) is -1.22. The minimum atomic E-state index is -4.31. The third-order valence-corrected chi connectivity index (χ3v) is 9.94. The number of benzene rings is 1. The van der Waals surface area contributed by atoms with Gasteiger partial charge in [-0.05, 0) is 64.1 Å². The van der Waals surface area contributed by atoms with Crippen molar-refractivity contribution in [2.45, 2.75) is 89.4 Å². The lowest BCUT2D eigenvalue weighted by Gasteiger charge is -2.32. The Morgan fingerprint density at radius 3 is 2.17 bits per heavy atom. The molecule has 3 aromatic rings. The molecule has 2 aliphatic rings. The summed E-state index contributed by atoms with van der Waals surface area (Å²) in [6, 6.07) is 1.64. The summed E-state index contributed by atoms with van der Waals surface area (Å²) >= 11 is 1.18. The maximum absolute atomic E-state index is 15.4. The zero-order valence-corrected chi connectivity index (χ0v) is 25.7. The number of hydrogen-bond acceptors (Lipinski definition) is 8. The van der Waals surface area contributed by atoms with Crippen LogP contribution in [-0.4, -0.2) is 52.1 Å². The molecule has 5 rings (SSSR count). The van der Waals surface area contributed by atoms with Crippen molar-refractivity contribution in [1.29, 1.82) is 0 Å². The van der Waals surface area contributed by atoms with Crippen molar-refractivity contribution in [2.75, 3.05) is 13.1 Å². The van der Waals surface area contributed by atoms with E-state index in [1.807, 2.05) is 0 Å². The number of thiazole rings is 1.